The third kappa shape index (κ3) is 4.99. The number of hydrogen-bond acceptors (Lipinski definition) is 0. The summed E-state index contributed by atoms with van der Waals surface area (Å²) in [5, 5.41) is 0. The summed E-state index contributed by atoms with van der Waals surface area (Å²) in [4.78, 5) is 0. The second-order valence-electron chi connectivity index (χ2n) is 5.01. The Morgan fingerprint density at radius 2 is 1.72 bits per heavy atom. The van der Waals surface area contributed by atoms with Gasteiger partial charge in [0.1, 0.15) is 0 Å². The number of hydrogen-bond donors (Lipinski definition) is 0. The average molecular weight is 281 g/mol. The van der Waals surface area contributed by atoms with Crippen molar-refractivity contribution < 1.29 is 0 Å². The van der Waals surface area contributed by atoms with E-state index in [1.54, 1.807) is 0 Å². The van der Waals surface area contributed by atoms with E-state index in [0.717, 1.165) is 0 Å². The molecule has 100 valence electrons. The molecule has 0 heterocycles. The summed E-state index contributed by atoms with van der Waals surface area (Å²) in [7, 11) is -1.39. The molecule has 0 amide bonds. The highest BCUT2D eigenvalue weighted by Crippen LogP contribution is 2.27. The van der Waals surface area contributed by atoms with Gasteiger partial charge in [0.15, 0.2) is 7.38 Å². The highest BCUT2D eigenvalue weighted by molar-refractivity contribution is 7.20. The highest BCUT2D eigenvalue weighted by atomic mass is 35.6. The Hall–Kier alpha value is -0.533. The third-order valence-electron chi connectivity index (χ3n) is 3.82. The smallest absolute Gasteiger partial charge is 0.156 e. The van der Waals surface area contributed by atoms with Crippen molar-refractivity contribution in [2.45, 2.75) is 51.2 Å². The number of unbranched alkanes of at least 4 members (excludes halogenated alkanes) is 1. The second-order valence-corrected chi connectivity index (χ2v) is 11.6. The SMILES string of the molecule is C=Cc1ccc(CCCC[Si](Cl)(CC)CC)cc1. The summed E-state index contributed by atoms with van der Waals surface area (Å²) in [5.41, 5.74) is 2.62. The van der Waals surface area contributed by atoms with Gasteiger partial charge in [0, 0.05) is 0 Å². The van der Waals surface area contributed by atoms with E-state index in [9.17, 15) is 0 Å². The molecule has 2 heteroatoms. The molecule has 0 radical (unpaired) electrons. The van der Waals surface area contributed by atoms with Crippen molar-refractivity contribution in [3.63, 3.8) is 0 Å². The summed E-state index contributed by atoms with van der Waals surface area (Å²) in [6, 6.07) is 12.4. The van der Waals surface area contributed by atoms with Gasteiger partial charge in [-0.25, -0.2) is 0 Å². The zero-order valence-corrected chi connectivity index (χ0v) is 13.5. The molecule has 0 unspecified atom stereocenters. The predicted molar refractivity (Wildman–Crippen MR) is 86.8 cm³/mol. The topological polar surface area (TPSA) is 0 Å². The van der Waals surface area contributed by atoms with Crippen LogP contribution in [0.5, 0.6) is 0 Å². The Balaban J connectivity index is 2.31. The molecule has 0 bridgehead atoms. The third-order valence-corrected chi connectivity index (χ3v) is 9.78. The summed E-state index contributed by atoms with van der Waals surface area (Å²) in [5.74, 6) is 0. The molecular weight excluding hydrogens is 256 g/mol. The number of rotatable bonds is 8. The Bertz CT molecular complexity index is 352. The number of aryl methyl sites for hydroxylation is 1. The lowest BCUT2D eigenvalue weighted by Gasteiger charge is -2.20. The van der Waals surface area contributed by atoms with Crippen molar-refractivity contribution >= 4 is 24.5 Å². The number of halogens is 1. The Kier molecular flexibility index (Phi) is 6.73. The first kappa shape index (κ1) is 15.5. The first-order valence-corrected chi connectivity index (χ1v) is 10.7. The fraction of sp³-hybridized carbons (Fsp3) is 0.500. The Morgan fingerprint density at radius 3 is 2.22 bits per heavy atom. The van der Waals surface area contributed by atoms with Gasteiger partial charge in [-0.1, -0.05) is 57.2 Å². The lowest BCUT2D eigenvalue weighted by Crippen LogP contribution is -2.23. The van der Waals surface area contributed by atoms with Gasteiger partial charge in [-0.15, -0.1) is 0 Å². The summed E-state index contributed by atoms with van der Waals surface area (Å²) >= 11 is 6.66. The fourth-order valence-electron chi connectivity index (χ4n) is 2.19. The zero-order valence-electron chi connectivity index (χ0n) is 11.7. The van der Waals surface area contributed by atoms with Crippen molar-refractivity contribution in [3.8, 4) is 0 Å². The summed E-state index contributed by atoms with van der Waals surface area (Å²) < 4.78 is 0. The van der Waals surface area contributed by atoms with E-state index < -0.39 is 7.38 Å². The van der Waals surface area contributed by atoms with Crippen LogP contribution in [0.15, 0.2) is 30.8 Å². The summed E-state index contributed by atoms with van der Waals surface area (Å²) in [6.45, 7) is 8.27. The molecule has 0 saturated heterocycles. The van der Waals surface area contributed by atoms with Gasteiger partial charge in [-0.05, 0) is 42.1 Å². The first-order chi connectivity index (χ1) is 8.63. The molecule has 0 aliphatic heterocycles. The van der Waals surface area contributed by atoms with Crippen LogP contribution in [0.1, 0.15) is 37.8 Å². The molecule has 1 aromatic rings. The van der Waals surface area contributed by atoms with E-state index in [-0.39, 0.29) is 0 Å². The molecule has 18 heavy (non-hydrogen) atoms. The van der Waals surface area contributed by atoms with Crippen LogP contribution in [0.25, 0.3) is 6.08 Å². The van der Waals surface area contributed by atoms with Gasteiger partial charge in [-0.3, -0.25) is 0 Å². The van der Waals surface area contributed by atoms with Crippen LogP contribution in [-0.4, -0.2) is 7.38 Å². The molecule has 0 atom stereocenters. The molecule has 0 spiro atoms. The molecule has 0 N–H and O–H groups in total. The van der Waals surface area contributed by atoms with Crippen molar-refractivity contribution in [2.24, 2.45) is 0 Å². The van der Waals surface area contributed by atoms with Crippen LogP contribution in [0, 0.1) is 0 Å². The van der Waals surface area contributed by atoms with Crippen LogP contribution < -0.4 is 0 Å². The molecular formula is C16H25ClSi. The predicted octanol–water partition coefficient (Wildman–Crippen LogP) is 5.88. The Labute approximate surface area is 118 Å². The monoisotopic (exact) mass is 280 g/mol. The van der Waals surface area contributed by atoms with Gasteiger partial charge in [-0.2, -0.15) is 11.1 Å². The van der Waals surface area contributed by atoms with E-state index in [4.69, 9.17) is 11.1 Å². The quantitative estimate of drug-likeness (QED) is 0.317. The second kappa shape index (κ2) is 7.80. The Morgan fingerprint density at radius 1 is 1.11 bits per heavy atom. The van der Waals surface area contributed by atoms with Gasteiger partial charge in [0.05, 0.1) is 0 Å². The van der Waals surface area contributed by atoms with E-state index in [1.165, 1.54) is 48.5 Å². The van der Waals surface area contributed by atoms with Gasteiger partial charge >= 0.3 is 0 Å². The van der Waals surface area contributed by atoms with Crippen LogP contribution in [-0.2, 0) is 6.42 Å². The minimum absolute atomic E-state index is 1.17. The maximum Gasteiger partial charge on any atom is 0.156 e. The minimum Gasteiger partial charge on any atom is -0.167 e. The average Bonchev–Trinajstić information content (AvgIpc) is 2.44. The van der Waals surface area contributed by atoms with Crippen LogP contribution in [0.2, 0.25) is 18.1 Å². The standard InChI is InChI=1S/C16H25ClSi/c1-4-15-10-12-16(13-11-15)9-7-8-14-18(17,5-2)6-3/h4,10-13H,1,5-9,14H2,2-3H3. The molecule has 0 aliphatic rings. The van der Waals surface area contributed by atoms with Crippen molar-refractivity contribution in [1.29, 1.82) is 0 Å². The van der Waals surface area contributed by atoms with Crippen molar-refractivity contribution in [3.05, 3.63) is 42.0 Å². The molecule has 0 aromatic heterocycles. The minimum atomic E-state index is -1.39. The molecule has 0 aliphatic carbocycles. The van der Waals surface area contributed by atoms with Crippen LogP contribution >= 0.6 is 11.1 Å². The van der Waals surface area contributed by atoms with Crippen molar-refractivity contribution in [2.75, 3.05) is 0 Å². The zero-order chi connectivity index (χ0) is 13.4. The van der Waals surface area contributed by atoms with E-state index >= 15 is 0 Å². The number of benzene rings is 1. The van der Waals surface area contributed by atoms with E-state index in [1.807, 2.05) is 6.08 Å². The highest BCUT2D eigenvalue weighted by Gasteiger charge is 2.25. The van der Waals surface area contributed by atoms with Crippen LogP contribution in [0.4, 0.5) is 0 Å². The molecule has 0 saturated carbocycles. The maximum absolute atomic E-state index is 6.66. The first-order valence-electron chi connectivity index (χ1n) is 7.04. The lowest BCUT2D eigenvalue weighted by molar-refractivity contribution is 0.783. The molecule has 0 nitrogen and oxygen atoms in total. The maximum atomic E-state index is 6.66. The fourth-order valence-corrected chi connectivity index (χ4v) is 4.69. The molecule has 0 fully saturated rings. The van der Waals surface area contributed by atoms with Gasteiger partial charge in [0.2, 0.25) is 0 Å². The largest absolute Gasteiger partial charge is 0.167 e. The van der Waals surface area contributed by atoms with Gasteiger partial charge < -0.3 is 0 Å². The van der Waals surface area contributed by atoms with E-state index in [0.29, 0.717) is 0 Å². The lowest BCUT2D eigenvalue weighted by atomic mass is 10.1. The summed E-state index contributed by atoms with van der Waals surface area (Å²) in [6.07, 6.45) is 5.60. The molecule has 1 aromatic carbocycles. The van der Waals surface area contributed by atoms with Crippen LogP contribution in [0.3, 0.4) is 0 Å². The molecule has 1 rings (SSSR count). The normalized spacial score (nSPS) is 11.5. The van der Waals surface area contributed by atoms with Crippen molar-refractivity contribution in [1.82, 2.24) is 0 Å². The van der Waals surface area contributed by atoms with E-state index in [2.05, 4.69) is 44.7 Å². The van der Waals surface area contributed by atoms with Gasteiger partial charge in [0.25, 0.3) is 0 Å².